The first-order chi connectivity index (χ1) is 15.0. The first-order valence-electron chi connectivity index (χ1n) is 9.90. The molecule has 0 bridgehead atoms. The number of rotatable bonds is 6. The Hall–Kier alpha value is -2.84. The van der Waals surface area contributed by atoms with Gasteiger partial charge in [-0.25, -0.2) is 13.2 Å². The van der Waals surface area contributed by atoms with Gasteiger partial charge in [-0.1, -0.05) is 24.3 Å². The second-order valence-corrected chi connectivity index (χ2v) is 8.23. The van der Waals surface area contributed by atoms with Crippen LogP contribution in [-0.4, -0.2) is 41.9 Å². The maximum absolute atomic E-state index is 13.9. The Kier molecular flexibility index (Phi) is 6.58. The second-order valence-electron chi connectivity index (χ2n) is 7.32. The van der Waals surface area contributed by atoms with Gasteiger partial charge in [0.25, 0.3) is 5.91 Å². The summed E-state index contributed by atoms with van der Waals surface area (Å²) in [4.78, 5) is 17.2. The third kappa shape index (κ3) is 5.08. The SMILES string of the molecule is O=C(c1cc(COc2ccccc2F)cs1)N1CCN(Cc2cccc(F)c2F)CC1. The molecule has 0 N–H and O–H groups in total. The van der Waals surface area contributed by atoms with Crippen LogP contribution in [0.2, 0.25) is 0 Å². The maximum Gasteiger partial charge on any atom is 0.264 e. The van der Waals surface area contributed by atoms with Crippen LogP contribution in [-0.2, 0) is 13.2 Å². The molecule has 162 valence electrons. The molecule has 1 fully saturated rings. The van der Waals surface area contributed by atoms with E-state index in [9.17, 15) is 18.0 Å². The summed E-state index contributed by atoms with van der Waals surface area (Å²) < 4.78 is 46.4. The van der Waals surface area contributed by atoms with E-state index < -0.39 is 17.5 Å². The molecular formula is C23H21F3N2O2S. The van der Waals surface area contributed by atoms with Gasteiger partial charge in [-0.15, -0.1) is 11.3 Å². The molecule has 0 saturated carbocycles. The van der Waals surface area contributed by atoms with Crippen LogP contribution in [0.1, 0.15) is 20.8 Å². The van der Waals surface area contributed by atoms with Crippen LogP contribution in [0.4, 0.5) is 13.2 Å². The Labute approximate surface area is 182 Å². The van der Waals surface area contributed by atoms with Crippen molar-refractivity contribution in [3.63, 3.8) is 0 Å². The molecule has 1 aliphatic heterocycles. The summed E-state index contributed by atoms with van der Waals surface area (Å²) in [6, 6.07) is 12.1. The highest BCUT2D eigenvalue weighted by atomic mass is 32.1. The van der Waals surface area contributed by atoms with E-state index in [0.29, 0.717) is 43.2 Å². The number of carbonyl (C=O) groups excluding carboxylic acids is 1. The maximum atomic E-state index is 13.9. The number of hydrogen-bond acceptors (Lipinski definition) is 4. The Morgan fingerprint density at radius 1 is 0.968 bits per heavy atom. The molecule has 0 radical (unpaired) electrons. The van der Waals surface area contributed by atoms with Crippen molar-refractivity contribution in [2.24, 2.45) is 0 Å². The number of thiophene rings is 1. The molecule has 4 rings (SSSR count). The zero-order valence-corrected chi connectivity index (χ0v) is 17.5. The highest BCUT2D eigenvalue weighted by Gasteiger charge is 2.24. The molecule has 31 heavy (non-hydrogen) atoms. The summed E-state index contributed by atoms with van der Waals surface area (Å²) in [6.07, 6.45) is 0. The van der Waals surface area contributed by atoms with Crippen LogP contribution in [0, 0.1) is 17.5 Å². The Morgan fingerprint density at radius 2 is 1.71 bits per heavy atom. The van der Waals surface area contributed by atoms with Crippen LogP contribution in [0.25, 0.3) is 0 Å². The number of halogens is 3. The molecule has 2 heterocycles. The lowest BCUT2D eigenvalue weighted by atomic mass is 10.1. The van der Waals surface area contributed by atoms with Crippen molar-refractivity contribution >= 4 is 17.2 Å². The summed E-state index contributed by atoms with van der Waals surface area (Å²) in [5, 5.41) is 1.83. The fourth-order valence-electron chi connectivity index (χ4n) is 3.46. The molecule has 8 heteroatoms. The van der Waals surface area contributed by atoms with Gasteiger partial charge in [-0.2, -0.15) is 0 Å². The average molecular weight is 446 g/mol. The van der Waals surface area contributed by atoms with Gasteiger partial charge in [0.2, 0.25) is 0 Å². The van der Waals surface area contributed by atoms with Gasteiger partial charge in [0.1, 0.15) is 6.61 Å². The van der Waals surface area contributed by atoms with Crippen molar-refractivity contribution in [1.29, 1.82) is 0 Å². The summed E-state index contributed by atoms with van der Waals surface area (Å²) in [6.45, 7) is 2.66. The Balaban J connectivity index is 1.30. The number of benzene rings is 2. The van der Waals surface area contributed by atoms with Crippen molar-refractivity contribution < 1.29 is 22.7 Å². The number of carbonyl (C=O) groups is 1. The summed E-state index contributed by atoms with van der Waals surface area (Å²) in [5.41, 5.74) is 1.12. The highest BCUT2D eigenvalue weighted by molar-refractivity contribution is 7.12. The molecule has 1 amide bonds. The fourth-order valence-corrected chi connectivity index (χ4v) is 4.33. The molecule has 1 aromatic heterocycles. The van der Waals surface area contributed by atoms with Gasteiger partial charge < -0.3 is 9.64 Å². The van der Waals surface area contributed by atoms with Crippen LogP contribution < -0.4 is 4.74 Å². The number of nitrogens with zero attached hydrogens (tertiary/aromatic N) is 2. The van der Waals surface area contributed by atoms with Crippen LogP contribution >= 0.6 is 11.3 Å². The van der Waals surface area contributed by atoms with E-state index in [2.05, 4.69) is 0 Å². The third-order valence-electron chi connectivity index (χ3n) is 5.18. The van der Waals surface area contributed by atoms with E-state index >= 15 is 0 Å². The molecule has 0 spiro atoms. The van der Waals surface area contributed by atoms with Crippen LogP contribution in [0.5, 0.6) is 5.75 Å². The minimum atomic E-state index is -0.848. The van der Waals surface area contributed by atoms with Crippen molar-refractivity contribution in [1.82, 2.24) is 9.80 Å². The molecule has 1 aliphatic rings. The summed E-state index contributed by atoms with van der Waals surface area (Å²) in [5.74, 6) is -1.99. The smallest absolute Gasteiger partial charge is 0.264 e. The zero-order valence-electron chi connectivity index (χ0n) is 16.7. The molecule has 3 aromatic rings. The second kappa shape index (κ2) is 9.53. The van der Waals surface area contributed by atoms with Gasteiger partial charge >= 0.3 is 0 Å². The quantitative estimate of drug-likeness (QED) is 0.550. The summed E-state index contributed by atoms with van der Waals surface area (Å²) in [7, 11) is 0. The van der Waals surface area contributed by atoms with Crippen molar-refractivity contribution in [3.8, 4) is 5.75 Å². The van der Waals surface area contributed by atoms with Gasteiger partial charge in [0.15, 0.2) is 23.2 Å². The molecule has 0 aliphatic carbocycles. The Bertz CT molecular complexity index is 1060. The molecule has 2 aromatic carbocycles. The Morgan fingerprint density at radius 3 is 2.48 bits per heavy atom. The fraction of sp³-hybridized carbons (Fsp3) is 0.261. The number of hydrogen-bond donors (Lipinski definition) is 0. The lowest BCUT2D eigenvalue weighted by Crippen LogP contribution is -2.48. The molecule has 4 nitrogen and oxygen atoms in total. The first-order valence-corrected chi connectivity index (χ1v) is 10.8. The van der Waals surface area contributed by atoms with E-state index in [4.69, 9.17) is 4.74 Å². The molecular weight excluding hydrogens is 425 g/mol. The average Bonchev–Trinajstić information content (AvgIpc) is 3.25. The predicted octanol–water partition coefficient (Wildman–Crippen LogP) is 4.70. The largest absolute Gasteiger partial charge is 0.486 e. The van der Waals surface area contributed by atoms with Crippen molar-refractivity contribution in [3.05, 3.63) is 87.4 Å². The third-order valence-corrected chi connectivity index (χ3v) is 6.15. The van der Waals surface area contributed by atoms with E-state index in [1.807, 2.05) is 10.3 Å². The van der Waals surface area contributed by atoms with Crippen molar-refractivity contribution in [2.75, 3.05) is 26.2 Å². The minimum absolute atomic E-state index is 0.0706. The monoisotopic (exact) mass is 446 g/mol. The van der Waals surface area contributed by atoms with E-state index in [1.54, 1.807) is 35.2 Å². The standard InChI is InChI=1S/C23H21F3N2O2S/c24-18-5-1-2-7-20(18)30-14-16-12-21(31-15-16)23(29)28-10-8-27(9-11-28)13-17-4-3-6-19(25)22(17)26/h1-7,12,15H,8-11,13-14H2. The minimum Gasteiger partial charge on any atom is -0.486 e. The number of piperazine rings is 1. The normalized spacial score (nSPS) is 14.6. The van der Waals surface area contributed by atoms with Gasteiger partial charge in [0.05, 0.1) is 4.88 Å². The van der Waals surface area contributed by atoms with Gasteiger partial charge in [0, 0.05) is 43.9 Å². The van der Waals surface area contributed by atoms with E-state index in [1.165, 1.54) is 23.5 Å². The van der Waals surface area contributed by atoms with Crippen LogP contribution in [0.15, 0.2) is 53.9 Å². The predicted molar refractivity (Wildman–Crippen MR) is 113 cm³/mol. The van der Waals surface area contributed by atoms with E-state index in [0.717, 1.165) is 11.6 Å². The molecule has 1 saturated heterocycles. The van der Waals surface area contributed by atoms with Crippen molar-refractivity contribution in [2.45, 2.75) is 13.2 Å². The topological polar surface area (TPSA) is 32.8 Å². The first kappa shape index (κ1) is 21.4. The lowest BCUT2D eigenvalue weighted by Gasteiger charge is -2.34. The number of para-hydroxylation sites is 1. The van der Waals surface area contributed by atoms with Gasteiger partial charge in [-0.05, 0) is 29.6 Å². The van der Waals surface area contributed by atoms with E-state index in [-0.39, 0.29) is 18.3 Å². The molecule has 0 unspecified atom stereocenters. The molecule has 0 atom stereocenters. The van der Waals surface area contributed by atoms with Crippen LogP contribution in [0.3, 0.4) is 0 Å². The van der Waals surface area contributed by atoms with Gasteiger partial charge in [-0.3, -0.25) is 9.69 Å². The number of ether oxygens (including phenoxy) is 1. The highest BCUT2D eigenvalue weighted by Crippen LogP contribution is 2.22. The summed E-state index contributed by atoms with van der Waals surface area (Å²) >= 11 is 1.33. The zero-order chi connectivity index (χ0) is 21.8. The number of amides is 1. The lowest BCUT2D eigenvalue weighted by molar-refractivity contribution is 0.0631.